The summed E-state index contributed by atoms with van der Waals surface area (Å²) in [6, 6.07) is 13.9. The summed E-state index contributed by atoms with van der Waals surface area (Å²) in [5.74, 6) is 1.03. The van der Waals surface area contributed by atoms with Gasteiger partial charge in [0.15, 0.2) is 11.5 Å². The molecule has 0 aliphatic carbocycles. The van der Waals surface area contributed by atoms with Crippen molar-refractivity contribution in [2.24, 2.45) is 0 Å². The topological polar surface area (TPSA) is 57.3 Å². The van der Waals surface area contributed by atoms with Crippen molar-refractivity contribution >= 4 is 11.6 Å². The Kier molecular flexibility index (Phi) is 7.76. The molecule has 0 unspecified atom stereocenters. The van der Waals surface area contributed by atoms with Gasteiger partial charge in [0.2, 0.25) is 0 Å². The average molecular weight is 427 g/mol. The van der Waals surface area contributed by atoms with Crippen LogP contribution in [0.4, 0.5) is 5.69 Å². The Morgan fingerprint density at radius 3 is 2.23 bits per heavy atom. The molecule has 1 saturated heterocycles. The summed E-state index contributed by atoms with van der Waals surface area (Å²) in [6.45, 7) is 4.54. The molecular formula is C24H34N4O3. The molecule has 1 aliphatic rings. The highest BCUT2D eigenvalue weighted by Gasteiger charge is 2.25. The molecule has 1 fully saturated rings. The number of anilines is 1. The van der Waals surface area contributed by atoms with Gasteiger partial charge in [0.05, 0.1) is 20.3 Å². The smallest absolute Gasteiger partial charge is 0.251 e. The van der Waals surface area contributed by atoms with E-state index >= 15 is 0 Å². The van der Waals surface area contributed by atoms with Gasteiger partial charge in [-0.15, -0.1) is 0 Å². The van der Waals surface area contributed by atoms with Crippen molar-refractivity contribution in [1.82, 2.24) is 15.1 Å². The number of likely N-dealkylation sites (N-methyl/N-ethyl adjacent to an activating group) is 1. The third-order valence-corrected chi connectivity index (χ3v) is 5.87. The van der Waals surface area contributed by atoms with E-state index in [0.29, 0.717) is 23.6 Å². The Morgan fingerprint density at radius 2 is 1.65 bits per heavy atom. The molecule has 0 spiro atoms. The lowest BCUT2D eigenvalue weighted by atomic mass is 10.0. The molecule has 1 heterocycles. The molecule has 0 saturated carbocycles. The number of rotatable bonds is 8. The molecule has 7 heteroatoms. The van der Waals surface area contributed by atoms with E-state index in [1.807, 2.05) is 14.1 Å². The first-order chi connectivity index (χ1) is 14.9. The maximum Gasteiger partial charge on any atom is 0.251 e. The zero-order chi connectivity index (χ0) is 22.4. The highest BCUT2D eigenvalue weighted by atomic mass is 16.5. The molecule has 1 N–H and O–H groups in total. The van der Waals surface area contributed by atoms with Gasteiger partial charge in [-0.25, -0.2) is 0 Å². The number of nitrogens with zero attached hydrogens (tertiary/aromatic N) is 3. The number of methoxy groups -OCH3 is 2. The fraction of sp³-hybridized carbons (Fsp3) is 0.458. The van der Waals surface area contributed by atoms with Crippen LogP contribution in [-0.4, -0.2) is 83.8 Å². The highest BCUT2D eigenvalue weighted by molar-refractivity contribution is 5.94. The standard InChI is InChI=1S/C24H34N4O3/c1-26(2)20-9-6-18(7-10-20)21(28-14-12-27(3)13-15-28)17-25-24(29)19-8-11-22(30-4)23(16-19)31-5/h6-11,16,21H,12-15,17H2,1-5H3,(H,25,29)/t21-/m1/s1. The molecule has 31 heavy (non-hydrogen) atoms. The van der Waals surface area contributed by atoms with Crippen molar-refractivity contribution in [1.29, 1.82) is 0 Å². The number of nitrogens with one attached hydrogen (secondary N) is 1. The third kappa shape index (κ3) is 5.68. The summed E-state index contributed by atoms with van der Waals surface area (Å²) in [6.07, 6.45) is 0. The molecule has 3 rings (SSSR count). The summed E-state index contributed by atoms with van der Waals surface area (Å²) in [5.41, 5.74) is 2.93. The Labute approximate surface area is 185 Å². The van der Waals surface area contributed by atoms with Gasteiger partial charge in [-0.1, -0.05) is 12.1 Å². The van der Waals surface area contributed by atoms with Crippen LogP contribution in [0.2, 0.25) is 0 Å². The van der Waals surface area contributed by atoms with E-state index in [1.54, 1.807) is 32.4 Å². The summed E-state index contributed by atoms with van der Waals surface area (Å²) in [7, 11) is 9.38. The molecule has 2 aromatic carbocycles. The quantitative estimate of drug-likeness (QED) is 0.700. The second-order valence-electron chi connectivity index (χ2n) is 8.12. The Morgan fingerprint density at radius 1 is 1.00 bits per heavy atom. The predicted octanol–water partition coefficient (Wildman–Crippen LogP) is 2.49. The van der Waals surface area contributed by atoms with E-state index < -0.39 is 0 Å². The van der Waals surface area contributed by atoms with E-state index in [9.17, 15) is 4.79 Å². The van der Waals surface area contributed by atoms with Crippen molar-refractivity contribution in [3.05, 3.63) is 53.6 Å². The Hall–Kier alpha value is -2.77. The lowest BCUT2D eigenvalue weighted by molar-refractivity contribution is 0.0886. The third-order valence-electron chi connectivity index (χ3n) is 5.87. The minimum atomic E-state index is -0.120. The minimum Gasteiger partial charge on any atom is -0.493 e. The van der Waals surface area contributed by atoms with Crippen LogP contribution in [0.15, 0.2) is 42.5 Å². The van der Waals surface area contributed by atoms with Crippen LogP contribution in [0.3, 0.4) is 0 Å². The number of carbonyl (C=O) groups excluding carboxylic acids is 1. The molecule has 1 aliphatic heterocycles. The first-order valence-corrected chi connectivity index (χ1v) is 10.6. The Bertz CT molecular complexity index is 862. The fourth-order valence-corrected chi connectivity index (χ4v) is 3.85. The number of benzene rings is 2. The second-order valence-corrected chi connectivity index (χ2v) is 8.12. The van der Waals surface area contributed by atoms with Crippen molar-refractivity contribution < 1.29 is 14.3 Å². The van der Waals surface area contributed by atoms with Crippen molar-refractivity contribution in [3.8, 4) is 11.5 Å². The van der Waals surface area contributed by atoms with E-state index in [4.69, 9.17) is 9.47 Å². The molecule has 2 aromatic rings. The van der Waals surface area contributed by atoms with Crippen LogP contribution in [0.5, 0.6) is 11.5 Å². The van der Waals surface area contributed by atoms with Crippen molar-refractivity contribution in [2.75, 3.05) is 73.0 Å². The minimum absolute atomic E-state index is 0.119. The second kappa shape index (κ2) is 10.5. The first-order valence-electron chi connectivity index (χ1n) is 10.6. The molecule has 0 aromatic heterocycles. The number of amides is 1. The molecule has 0 bridgehead atoms. The number of hydrogen-bond acceptors (Lipinski definition) is 6. The average Bonchev–Trinajstić information content (AvgIpc) is 2.80. The van der Waals surface area contributed by atoms with Gasteiger partial charge < -0.3 is 24.6 Å². The van der Waals surface area contributed by atoms with Crippen LogP contribution in [0, 0.1) is 0 Å². The maximum absolute atomic E-state index is 12.9. The zero-order valence-corrected chi connectivity index (χ0v) is 19.2. The molecule has 1 amide bonds. The number of ether oxygens (including phenoxy) is 2. The lowest BCUT2D eigenvalue weighted by Gasteiger charge is -2.38. The largest absolute Gasteiger partial charge is 0.493 e. The van der Waals surface area contributed by atoms with Crippen LogP contribution in [0.1, 0.15) is 22.0 Å². The summed E-state index contributed by atoms with van der Waals surface area (Å²) in [5, 5.41) is 3.13. The molecular weight excluding hydrogens is 392 g/mol. The van der Waals surface area contributed by atoms with Crippen LogP contribution >= 0.6 is 0 Å². The van der Waals surface area contributed by atoms with Crippen LogP contribution in [0.25, 0.3) is 0 Å². The maximum atomic E-state index is 12.9. The van der Waals surface area contributed by atoms with Crippen molar-refractivity contribution in [3.63, 3.8) is 0 Å². The first kappa shape index (κ1) is 22.9. The monoisotopic (exact) mass is 426 g/mol. The SMILES string of the molecule is COc1ccc(C(=O)NC[C@H](c2ccc(N(C)C)cc2)N2CCN(C)CC2)cc1OC. The number of piperazine rings is 1. The van der Waals surface area contributed by atoms with Gasteiger partial charge in [0, 0.05) is 58.1 Å². The lowest BCUT2D eigenvalue weighted by Crippen LogP contribution is -2.48. The van der Waals surface area contributed by atoms with Gasteiger partial charge in [0.25, 0.3) is 5.91 Å². The number of hydrogen-bond donors (Lipinski definition) is 1. The predicted molar refractivity (Wildman–Crippen MR) is 124 cm³/mol. The van der Waals surface area contributed by atoms with E-state index in [0.717, 1.165) is 31.9 Å². The van der Waals surface area contributed by atoms with Gasteiger partial charge >= 0.3 is 0 Å². The normalized spacial score (nSPS) is 15.9. The summed E-state index contributed by atoms with van der Waals surface area (Å²) < 4.78 is 10.6. The summed E-state index contributed by atoms with van der Waals surface area (Å²) >= 11 is 0. The summed E-state index contributed by atoms with van der Waals surface area (Å²) in [4.78, 5) is 19.8. The highest BCUT2D eigenvalue weighted by Crippen LogP contribution is 2.28. The van der Waals surface area contributed by atoms with E-state index in [2.05, 4.69) is 51.3 Å². The van der Waals surface area contributed by atoms with Crippen molar-refractivity contribution in [2.45, 2.75) is 6.04 Å². The van der Waals surface area contributed by atoms with Gasteiger partial charge in [-0.2, -0.15) is 0 Å². The molecule has 0 radical (unpaired) electrons. The molecule has 7 nitrogen and oxygen atoms in total. The number of carbonyl (C=O) groups is 1. The fourth-order valence-electron chi connectivity index (χ4n) is 3.85. The van der Waals surface area contributed by atoms with Gasteiger partial charge in [0.1, 0.15) is 0 Å². The molecule has 1 atom stereocenters. The molecule has 168 valence electrons. The van der Waals surface area contributed by atoms with E-state index in [1.165, 1.54) is 5.56 Å². The van der Waals surface area contributed by atoms with Crippen LogP contribution < -0.4 is 19.7 Å². The van der Waals surface area contributed by atoms with Gasteiger partial charge in [-0.3, -0.25) is 9.69 Å². The van der Waals surface area contributed by atoms with E-state index in [-0.39, 0.29) is 11.9 Å². The Balaban J connectivity index is 1.76. The van der Waals surface area contributed by atoms with Crippen LogP contribution in [-0.2, 0) is 0 Å². The van der Waals surface area contributed by atoms with Gasteiger partial charge in [-0.05, 0) is 42.9 Å². The zero-order valence-electron chi connectivity index (χ0n) is 19.2.